The molecule has 7 aromatic carbocycles. The van der Waals surface area contributed by atoms with E-state index >= 15 is 0 Å². The van der Waals surface area contributed by atoms with Crippen molar-refractivity contribution in [2.45, 2.75) is 0 Å². The van der Waals surface area contributed by atoms with Crippen LogP contribution in [0, 0.1) is 0 Å². The molecule has 0 aliphatic carbocycles. The molecule has 2 heterocycles. The van der Waals surface area contributed by atoms with Crippen LogP contribution in [-0.2, 0) is 0 Å². The van der Waals surface area contributed by atoms with Crippen LogP contribution in [0.4, 0.5) is 0 Å². The van der Waals surface area contributed by atoms with Crippen LogP contribution in [0.1, 0.15) is 0 Å². The standard InChI is InChI=1S/C46H30N2S/c1-4-14-31(15-5-1)32-24-26-33(27-25-32)36-28-29-39(45-44(36)40-22-12-13-23-43(40)49-45)37-20-10-11-21-38(37)42-30-41(34-16-6-2-7-17-34)47-46(48-42)35-18-8-3-9-19-35/h1-30H. The summed E-state index contributed by atoms with van der Waals surface area (Å²) in [4.78, 5) is 10.2. The summed E-state index contributed by atoms with van der Waals surface area (Å²) in [7, 11) is 0. The third-order valence-corrected chi connectivity index (χ3v) is 10.4. The molecule has 0 fully saturated rings. The lowest BCUT2D eigenvalue weighted by Gasteiger charge is -2.15. The van der Waals surface area contributed by atoms with Gasteiger partial charge in [-0.1, -0.05) is 170 Å². The van der Waals surface area contributed by atoms with Crippen molar-refractivity contribution in [2.24, 2.45) is 0 Å². The number of aromatic nitrogens is 2. The summed E-state index contributed by atoms with van der Waals surface area (Å²) < 4.78 is 2.56. The maximum absolute atomic E-state index is 5.20. The Morgan fingerprint density at radius 3 is 1.61 bits per heavy atom. The van der Waals surface area contributed by atoms with Gasteiger partial charge in [-0.15, -0.1) is 11.3 Å². The van der Waals surface area contributed by atoms with Crippen molar-refractivity contribution < 1.29 is 0 Å². The Morgan fingerprint density at radius 1 is 0.347 bits per heavy atom. The fourth-order valence-corrected chi connectivity index (χ4v) is 8.01. The molecule has 0 atom stereocenters. The van der Waals surface area contributed by atoms with E-state index in [1.54, 1.807) is 0 Å². The first-order chi connectivity index (χ1) is 24.3. The Kier molecular flexibility index (Phi) is 7.38. The summed E-state index contributed by atoms with van der Waals surface area (Å²) in [6.45, 7) is 0. The van der Waals surface area contributed by atoms with Crippen molar-refractivity contribution in [1.29, 1.82) is 0 Å². The highest BCUT2D eigenvalue weighted by Gasteiger charge is 2.19. The highest BCUT2D eigenvalue weighted by atomic mass is 32.1. The Labute approximate surface area is 289 Å². The van der Waals surface area contributed by atoms with Crippen molar-refractivity contribution in [2.75, 3.05) is 0 Å². The van der Waals surface area contributed by atoms with Crippen LogP contribution in [0.5, 0.6) is 0 Å². The van der Waals surface area contributed by atoms with Gasteiger partial charge in [0.25, 0.3) is 0 Å². The molecule has 0 amide bonds. The smallest absolute Gasteiger partial charge is 0.160 e. The lowest BCUT2D eigenvalue weighted by molar-refractivity contribution is 1.18. The molecule has 0 spiro atoms. The fraction of sp³-hybridized carbons (Fsp3) is 0. The molecular formula is C46H30N2S. The van der Waals surface area contributed by atoms with Crippen LogP contribution in [0.2, 0.25) is 0 Å². The first-order valence-corrected chi connectivity index (χ1v) is 17.3. The van der Waals surface area contributed by atoms with Gasteiger partial charge in [-0.2, -0.15) is 0 Å². The van der Waals surface area contributed by atoms with Crippen molar-refractivity contribution >= 4 is 31.5 Å². The molecule has 0 aliphatic heterocycles. The van der Waals surface area contributed by atoms with Gasteiger partial charge in [0.05, 0.1) is 11.4 Å². The third kappa shape index (κ3) is 5.41. The Hall–Kier alpha value is -6.16. The predicted octanol–water partition coefficient (Wildman–Crippen LogP) is 12.8. The molecule has 2 aromatic heterocycles. The van der Waals surface area contributed by atoms with Crippen LogP contribution in [0.15, 0.2) is 182 Å². The zero-order valence-corrected chi connectivity index (χ0v) is 27.4. The normalized spacial score (nSPS) is 11.3. The molecule has 0 saturated heterocycles. The van der Waals surface area contributed by atoms with E-state index in [2.05, 4.69) is 158 Å². The maximum atomic E-state index is 5.20. The third-order valence-electron chi connectivity index (χ3n) is 9.15. The number of benzene rings is 7. The second kappa shape index (κ2) is 12.5. The minimum Gasteiger partial charge on any atom is -0.228 e. The molecule has 0 N–H and O–H groups in total. The van der Waals surface area contributed by atoms with Gasteiger partial charge >= 0.3 is 0 Å². The molecule has 0 bridgehead atoms. The van der Waals surface area contributed by atoms with E-state index in [0.29, 0.717) is 5.82 Å². The highest BCUT2D eigenvalue weighted by Crippen LogP contribution is 2.46. The second-order valence-corrected chi connectivity index (χ2v) is 13.2. The van der Waals surface area contributed by atoms with E-state index in [9.17, 15) is 0 Å². The summed E-state index contributed by atoms with van der Waals surface area (Å²) in [6, 6.07) is 64.3. The lowest BCUT2D eigenvalue weighted by Crippen LogP contribution is -1.97. The van der Waals surface area contributed by atoms with Crippen LogP contribution < -0.4 is 0 Å². The Bertz CT molecular complexity index is 2510. The van der Waals surface area contributed by atoms with Crippen molar-refractivity contribution in [1.82, 2.24) is 9.97 Å². The summed E-state index contributed by atoms with van der Waals surface area (Å²) in [5.74, 6) is 0.716. The van der Waals surface area contributed by atoms with Gasteiger partial charge in [0.1, 0.15) is 0 Å². The largest absolute Gasteiger partial charge is 0.228 e. The fourth-order valence-electron chi connectivity index (χ4n) is 6.75. The van der Waals surface area contributed by atoms with Crippen molar-refractivity contribution in [3.05, 3.63) is 182 Å². The van der Waals surface area contributed by atoms with Crippen molar-refractivity contribution in [3.8, 4) is 67.3 Å². The average molecular weight is 643 g/mol. The topological polar surface area (TPSA) is 25.8 Å². The first-order valence-electron chi connectivity index (χ1n) is 16.5. The number of hydrogen-bond acceptors (Lipinski definition) is 3. The summed E-state index contributed by atoms with van der Waals surface area (Å²) in [6.07, 6.45) is 0. The molecule has 0 saturated carbocycles. The SMILES string of the molecule is c1ccc(-c2ccc(-c3ccc(-c4ccccc4-c4cc(-c5ccccc5)nc(-c5ccccc5)n4)c4sc5ccccc5c34)cc2)cc1. The van der Waals surface area contributed by atoms with Gasteiger partial charge in [-0.25, -0.2) is 9.97 Å². The van der Waals surface area contributed by atoms with Crippen LogP contribution >= 0.6 is 11.3 Å². The van der Waals surface area contributed by atoms with Crippen LogP contribution in [-0.4, -0.2) is 9.97 Å². The van der Waals surface area contributed by atoms with Gasteiger partial charge < -0.3 is 0 Å². The van der Waals surface area contributed by atoms with E-state index in [4.69, 9.17) is 9.97 Å². The van der Waals surface area contributed by atoms with E-state index < -0.39 is 0 Å². The zero-order chi connectivity index (χ0) is 32.6. The Balaban J connectivity index is 1.24. The van der Waals surface area contributed by atoms with Crippen molar-refractivity contribution in [3.63, 3.8) is 0 Å². The number of hydrogen-bond donors (Lipinski definition) is 0. The van der Waals surface area contributed by atoms with E-state index in [0.717, 1.165) is 33.6 Å². The molecule has 230 valence electrons. The van der Waals surface area contributed by atoms with Crippen LogP contribution in [0.25, 0.3) is 87.5 Å². The van der Waals surface area contributed by atoms with E-state index in [-0.39, 0.29) is 0 Å². The molecule has 9 aromatic rings. The molecule has 2 nitrogen and oxygen atoms in total. The van der Waals surface area contributed by atoms with Gasteiger partial charge in [-0.3, -0.25) is 0 Å². The molecule has 0 radical (unpaired) electrons. The summed E-state index contributed by atoms with van der Waals surface area (Å²) in [5.41, 5.74) is 12.2. The average Bonchev–Trinajstić information content (AvgIpc) is 3.58. The number of thiophene rings is 1. The predicted molar refractivity (Wildman–Crippen MR) is 208 cm³/mol. The number of fused-ring (bicyclic) bond motifs is 3. The molecule has 3 heteroatoms. The summed E-state index contributed by atoms with van der Waals surface area (Å²) in [5, 5.41) is 2.57. The molecule has 0 unspecified atom stereocenters. The number of nitrogens with zero attached hydrogens (tertiary/aromatic N) is 2. The monoisotopic (exact) mass is 642 g/mol. The zero-order valence-electron chi connectivity index (χ0n) is 26.6. The molecule has 0 aliphatic rings. The summed E-state index contributed by atoms with van der Waals surface area (Å²) >= 11 is 1.86. The van der Waals surface area contributed by atoms with E-state index in [1.165, 1.54) is 48.0 Å². The number of rotatable bonds is 6. The second-order valence-electron chi connectivity index (χ2n) is 12.1. The van der Waals surface area contributed by atoms with Crippen LogP contribution in [0.3, 0.4) is 0 Å². The lowest BCUT2D eigenvalue weighted by atomic mass is 9.91. The molecule has 49 heavy (non-hydrogen) atoms. The van der Waals surface area contributed by atoms with Gasteiger partial charge in [0, 0.05) is 42.4 Å². The quantitative estimate of drug-likeness (QED) is 0.180. The maximum Gasteiger partial charge on any atom is 0.160 e. The van der Waals surface area contributed by atoms with Gasteiger partial charge in [-0.05, 0) is 39.9 Å². The first kappa shape index (κ1) is 29.0. The Morgan fingerprint density at radius 2 is 0.878 bits per heavy atom. The molecule has 9 rings (SSSR count). The van der Waals surface area contributed by atoms with E-state index in [1.807, 2.05) is 35.6 Å². The van der Waals surface area contributed by atoms with Gasteiger partial charge in [0.15, 0.2) is 5.82 Å². The minimum atomic E-state index is 0.716. The molecular weight excluding hydrogens is 613 g/mol. The van der Waals surface area contributed by atoms with Gasteiger partial charge in [0.2, 0.25) is 0 Å². The minimum absolute atomic E-state index is 0.716. The highest BCUT2D eigenvalue weighted by molar-refractivity contribution is 7.26.